The maximum atomic E-state index is 13.6. The Morgan fingerprint density at radius 1 is 1.22 bits per heavy atom. The molecule has 1 aliphatic heterocycles. The highest BCUT2D eigenvalue weighted by molar-refractivity contribution is 6.33. The van der Waals surface area contributed by atoms with Crippen molar-refractivity contribution in [3.8, 4) is 0 Å². The molecule has 1 amide bonds. The summed E-state index contributed by atoms with van der Waals surface area (Å²) in [5, 5.41) is 2.89. The molecule has 128 valence electrons. The number of rotatable bonds is 7. The van der Waals surface area contributed by atoms with Crippen molar-refractivity contribution in [1.82, 2.24) is 15.1 Å². The molecule has 1 N–H and O–H groups in total. The van der Waals surface area contributed by atoms with E-state index in [2.05, 4.69) is 22.2 Å². The van der Waals surface area contributed by atoms with Crippen molar-refractivity contribution in [2.45, 2.75) is 19.3 Å². The Bertz CT molecular complexity index is 498. The molecule has 1 fully saturated rings. The number of nitrogens with one attached hydrogen (secondary N) is 1. The second-order valence-electron chi connectivity index (χ2n) is 6.06. The first kappa shape index (κ1) is 18.2. The number of amides is 1. The predicted octanol–water partition coefficient (Wildman–Crippen LogP) is 2.63. The van der Waals surface area contributed by atoms with E-state index in [1.165, 1.54) is 18.2 Å². The average molecular weight is 342 g/mol. The third-order valence-electron chi connectivity index (χ3n) is 4.22. The maximum Gasteiger partial charge on any atom is 0.255 e. The number of carbonyl (C=O) groups is 1. The van der Waals surface area contributed by atoms with E-state index in [9.17, 15) is 9.18 Å². The smallest absolute Gasteiger partial charge is 0.255 e. The topological polar surface area (TPSA) is 35.6 Å². The number of nitrogens with zero attached hydrogens (tertiary/aromatic N) is 2. The first-order valence-electron chi connectivity index (χ1n) is 8.21. The van der Waals surface area contributed by atoms with Crippen molar-refractivity contribution in [2.24, 2.45) is 0 Å². The first-order valence-corrected chi connectivity index (χ1v) is 8.59. The second kappa shape index (κ2) is 9.21. The van der Waals surface area contributed by atoms with E-state index < -0.39 is 11.7 Å². The summed E-state index contributed by atoms with van der Waals surface area (Å²) >= 11 is 5.87. The van der Waals surface area contributed by atoms with Crippen LogP contribution in [0.15, 0.2) is 18.2 Å². The minimum absolute atomic E-state index is 0.0633. The lowest BCUT2D eigenvalue weighted by molar-refractivity contribution is 0.0949. The fourth-order valence-corrected chi connectivity index (χ4v) is 2.96. The zero-order valence-corrected chi connectivity index (χ0v) is 14.4. The first-order chi connectivity index (χ1) is 11.1. The summed E-state index contributed by atoms with van der Waals surface area (Å²) in [4.78, 5) is 16.8. The third kappa shape index (κ3) is 5.75. The zero-order chi connectivity index (χ0) is 16.7. The molecule has 0 aliphatic carbocycles. The average Bonchev–Trinajstić information content (AvgIpc) is 2.52. The number of hydrogen-bond acceptors (Lipinski definition) is 3. The molecule has 4 nitrogen and oxygen atoms in total. The number of unbranched alkanes of at least 4 members (excludes halogenated alkanes) is 2. The molecular formula is C17H25ClFN3O. The Hall–Kier alpha value is -1.17. The van der Waals surface area contributed by atoms with E-state index in [0.717, 1.165) is 52.0 Å². The molecule has 0 spiro atoms. The van der Waals surface area contributed by atoms with Crippen molar-refractivity contribution in [3.63, 3.8) is 0 Å². The van der Waals surface area contributed by atoms with Gasteiger partial charge in [-0.2, -0.15) is 0 Å². The van der Waals surface area contributed by atoms with E-state index in [4.69, 9.17) is 11.6 Å². The van der Waals surface area contributed by atoms with Crippen LogP contribution in [0, 0.1) is 5.82 Å². The Morgan fingerprint density at radius 2 is 1.96 bits per heavy atom. The number of hydrogen-bond donors (Lipinski definition) is 1. The minimum Gasteiger partial charge on any atom is -0.352 e. The third-order valence-corrected chi connectivity index (χ3v) is 4.54. The molecule has 6 heteroatoms. The molecule has 0 saturated carbocycles. The molecule has 0 aromatic heterocycles. The van der Waals surface area contributed by atoms with Gasteiger partial charge >= 0.3 is 0 Å². The molecule has 2 rings (SSSR count). The van der Waals surface area contributed by atoms with Crippen LogP contribution >= 0.6 is 11.6 Å². The molecular weight excluding hydrogens is 317 g/mol. The quantitative estimate of drug-likeness (QED) is 0.774. The van der Waals surface area contributed by atoms with Crippen LogP contribution in [0.1, 0.15) is 29.6 Å². The van der Waals surface area contributed by atoms with Crippen LogP contribution in [0.5, 0.6) is 0 Å². The van der Waals surface area contributed by atoms with Crippen molar-refractivity contribution in [1.29, 1.82) is 0 Å². The Kier molecular flexibility index (Phi) is 7.27. The molecule has 0 radical (unpaired) electrons. The summed E-state index contributed by atoms with van der Waals surface area (Å²) in [6.07, 6.45) is 3.07. The molecule has 1 aromatic rings. The lowest BCUT2D eigenvalue weighted by atomic mass is 10.2. The van der Waals surface area contributed by atoms with Gasteiger partial charge in [0.2, 0.25) is 0 Å². The van der Waals surface area contributed by atoms with Gasteiger partial charge in [-0.15, -0.1) is 0 Å². The van der Waals surface area contributed by atoms with Crippen molar-refractivity contribution in [3.05, 3.63) is 34.6 Å². The van der Waals surface area contributed by atoms with Crippen LogP contribution < -0.4 is 5.32 Å². The van der Waals surface area contributed by atoms with Crippen LogP contribution in [0.2, 0.25) is 5.02 Å². The Labute approximate surface area is 142 Å². The van der Waals surface area contributed by atoms with Gasteiger partial charge in [0, 0.05) is 32.7 Å². The molecule has 1 aliphatic rings. The van der Waals surface area contributed by atoms with Crippen LogP contribution in [0.3, 0.4) is 0 Å². The van der Waals surface area contributed by atoms with Crippen molar-refractivity contribution in [2.75, 3.05) is 46.3 Å². The van der Waals surface area contributed by atoms with Crippen LogP contribution in [0.25, 0.3) is 0 Å². The van der Waals surface area contributed by atoms with Gasteiger partial charge in [0.1, 0.15) is 5.82 Å². The van der Waals surface area contributed by atoms with Gasteiger partial charge in [-0.3, -0.25) is 4.79 Å². The van der Waals surface area contributed by atoms with Gasteiger partial charge in [-0.25, -0.2) is 4.39 Å². The number of piperazine rings is 1. The number of likely N-dealkylation sites (N-methyl/N-ethyl adjacent to an activating group) is 1. The molecule has 0 atom stereocenters. The molecule has 1 heterocycles. The van der Waals surface area contributed by atoms with Gasteiger partial charge in [0.15, 0.2) is 0 Å². The molecule has 1 saturated heterocycles. The summed E-state index contributed by atoms with van der Waals surface area (Å²) in [5.74, 6) is -1.02. The summed E-state index contributed by atoms with van der Waals surface area (Å²) in [7, 11) is 2.15. The predicted molar refractivity (Wildman–Crippen MR) is 91.5 cm³/mol. The van der Waals surface area contributed by atoms with Gasteiger partial charge in [0.05, 0.1) is 10.6 Å². The summed E-state index contributed by atoms with van der Waals surface area (Å²) in [6, 6.07) is 4.26. The van der Waals surface area contributed by atoms with E-state index in [1.54, 1.807) is 0 Å². The highest BCUT2D eigenvalue weighted by atomic mass is 35.5. The largest absolute Gasteiger partial charge is 0.352 e. The minimum atomic E-state index is -0.579. The summed E-state index contributed by atoms with van der Waals surface area (Å²) in [5.41, 5.74) is -0.0633. The number of halogens is 2. The SMILES string of the molecule is CN1CCN(CCCCCNC(=O)c2c(F)cccc2Cl)CC1. The normalized spacial score (nSPS) is 16.5. The van der Waals surface area contributed by atoms with Gasteiger partial charge in [-0.05, 0) is 38.6 Å². The second-order valence-corrected chi connectivity index (χ2v) is 6.47. The van der Waals surface area contributed by atoms with Crippen molar-refractivity contribution < 1.29 is 9.18 Å². The lowest BCUT2D eigenvalue weighted by Gasteiger charge is -2.32. The monoisotopic (exact) mass is 341 g/mol. The maximum absolute atomic E-state index is 13.6. The van der Waals surface area contributed by atoms with Gasteiger partial charge in [-0.1, -0.05) is 24.1 Å². The molecule has 0 bridgehead atoms. The highest BCUT2D eigenvalue weighted by Crippen LogP contribution is 2.18. The van der Waals surface area contributed by atoms with E-state index in [1.807, 2.05) is 0 Å². The number of benzene rings is 1. The Morgan fingerprint density at radius 3 is 2.65 bits per heavy atom. The molecule has 0 unspecified atom stereocenters. The molecule has 1 aromatic carbocycles. The van der Waals surface area contributed by atoms with Gasteiger partial charge < -0.3 is 15.1 Å². The van der Waals surface area contributed by atoms with E-state index in [0.29, 0.717) is 6.54 Å². The number of carbonyl (C=O) groups excluding carboxylic acids is 1. The Balaban J connectivity index is 1.59. The van der Waals surface area contributed by atoms with Crippen molar-refractivity contribution >= 4 is 17.5 Å². The fraction of sp³-hybridized carbons (Fsp3) is 0.588. The zero-order valence-electron chi connectivity index (χ0n) is 13.7. The van der Waals surface area contributed by atoms with E-state index >= 15 is 0 Å². The van der Waals surface area contributed by atoms with Gasteiger partial charge in [0.25, 0.3) is 5.91 Å². The lowest BCUT2D eigenvalue weighted by Crippen LogP contribution is -2.44. The summed E-state index contributed by atoms with van der Waals surface area (Å²) < 4.78 is 13.6. The fourth-order valence-electron chi connectivity index (χ4n) is 2.71. The van der Waals surface area contributed by atoms with Crippen LogP contribution in [-0.4, -0.2) is 62.0 Å². The van der Waals surface area contributed by atoms with E-state index in [-0.39, 0.29) is 10.6 Å². The highest BCUT2D eigenvalue weighted by Gasteiger charge is 2.15. The standard InChI is InChI=1S/C17H25ClFN3O/c1-21-10-12-22(13-11-21)9-4-2-3-8-20-17(23)16-14(18)6-5-7-15(16)19/h5-7H,2-4,8-13H2,1H3,(H,20,23). The van der Waals surface area contributed by atoms with Crippen LogP contribution in [0.4, 0.5) is 4.39 Å². The van der Waals surface area contributed by atoms with Crippen LogP contribution in [-0.2, 0) is 0 Å². The summed E-state index contributed by atoms with van der Waals surface area (Å²) in [6.45, 7) is 6.21. The molecule has 23 heavy (non-hydrogen) atoms.